The second kappa shape index (κ2) is 8.14. The molecule has 25 heavy (non-hydrogen) atoms. The van der Waals surface area contributed by atoms with Crippen molar-refractivity contribution in [3.63, 3.8) is 0 Å². The molecule has 1 heterocycles. The Kier molecular flexibility index (Phi) is 5.94. The van der Waals surface area contributed by atoms with Crippen molar-refractivity contribution in [3.05, 3.63) is 54.0 Å². The van der Waals surface area contributed by atoms with Crippen molar-refractivity contribution in [3.8, 4) is 0 Å². The van der Waals surface area contributed by atoms with E-state index < -0.39 is 23.8 Å². The third-order valence-electron chi connectivity index (χ3n) is 3.44. The Morgan fingerprint density at radius 1 is 1.12 bits per heavy atom. The van der Waals surface area contributed by atoms with Crippen LogP contribution in [0.3, 0.4) is 0 Å². The minimum atomic E-state index is -1.08. The molecule has 1 atom stereocenters. The van der Waals surface area contributed by atoms with Gasteiger partial charge in [0.05, 0.1) is 6.26 Å². The topological polar surface area (TPSA) is 109 Å². The van der Waals surface area contributed by atoms with Crippen LogP contribution < -0.4 is 10.6 Å². The smallest absolute Gasteiger partial charge is 0.326 e. The molecule has 0 saturated carbocycles. The molecule has 3 N–H and O–H groups in total. The molecule has 0 bridgehead atoms. The predicted molar refractivity (Wildman–Crippen MR) is 91.4 cm³/mol. The van der Waals surface area contributed by atoms with Gasteiger partial charge in [0.1, 0.15) is 6.04 Å². The molecule has 132 valence electrons. The minimum Gasteiger partial charge on any atom is -0.480 e. The lowest BCUT2D eigenvalue weighted by molar-refractivity contribution is -0.139. The first kappa shape index (κ1) is 18.3. The van der Waals surface area contributed by atoms with Crippen LogP contribution in [0.15, 0.2) is 47.1 Å². The lowest BCUT2D eigenvalue weighted by atomic mass is 10.0. The number of furan rings is 1. The highest BCUT2D eigenvalue weighted by Gasteiger charge is 2.22. The third kappa shape index (κ3) is 5.20. The van der Waals surface area contributed by atoms with Gasteiger partial charge < -0.3 is 20.2 Å². The number of carboxylic acids is 1. The van der Waals surface area contributed by atoms with Gasteiger partial charge >= 0.3 is 5.97 Å². The van der Waals surface area contributed by atoms with E-state index in [9.17, 15) is 19.5 Å². The van der Waals surface area contributed by atoms with Gasteiger partial charge in [0, 0.05) is 11.3 Å². The van der Waals surface area contributed by atoms with Crippen molar-refractivity contribution in [1.82, 2.24) is 5.32 Å². The second-order valence-corrected chi connectivity index (χ2v) is 6.01. The van der Waals surface area contributed by atoms with Gasteiger partial charge in [-0.05, 0) is 42.7 Å². The fourth-order valence-electron chi connectivity index (χ4n) is 2.27. The van der Waals surface area contributed by atoms with Crippen molar-refractivity contribution in [1.29, 1.82) is 0 Å². The molecular formula is C18H20N2O5. The zero-order valence-corrected chi connectivity index (χ0v) is 14.0. The number of anilines is 1. The molecule has 7 nitrogen and oxygen atoms in total. The van der Waals surface area contributed by atoms with E-state index >= 15 is 0 Å². The Morgan fingerprint density at radius 2 is 1.88 bits per heavy atom. The first-order valence-corrected chi connectivity index (χ1v) is 7.85. The summed E-state index contributed by atoms with van der Waals surface area (Å²) in [6.45, 7) is 3.76. The highest BCUT2D eigenvalue weighted by molar-refractivity contribution is 6.03. The van der Waals surface area contributed by atoms with Crippen molar-refractivity contribution in [2.45, 2.75) is 26.3 Å². The third-order valence-corrected chi connectivity index (χ3v) is 3.44. The maximum atomic E-state index is 12.3. The molecule has 0 spiro atoms. The number of carbonyl (C=O) groups is 3. The molecule has 1 aromatic carbocycles. The van der Waals surface area contributed by atoms with Crippen molar-refractivity contribution >= 4 is 23.5 Å². The summed E-state index contributed by atoms with van der Waals surface area (Å²) in [6.07, 6.45) is 1.72. The highest BCUT2D eigenvalue weighted by atomic mass is 16.4. The summed E-state index contributed by atoms with van der Waals surface area (Å²) in [7, 11) is 0. The first-order valence-electron chi connectivity index (χ1n) is 7.85. The summed E-state index contributed by atoms with van der Waals surface area (Å²) in [5.74, 6) is -1.75. The molecule has 1 aromatic heterocycles. The number of nitrogens with one attached hydrogen (secondary N) is 2. The molecule has 0 aliphatic rings. The zero-order chi connectivity index (χ0) is 18.4. The largest absolute Gasteiger partial charge is 0.480 e. The van der Waals surface area contributed by atoms with Crippen LogP contribution in [0.5, 0.6) is 0 Å². The molecule has 2 amide bonds. The number of carboxylic acid groups (broad SMARTS) is 1. The Morgan fingerprint density at radius 3 is 2.48 bits per heavy atom. The quantitative estimate of drug-likeness (QED) is 0.715. The van der Waals surface area contributed by atoms with E-state index in [1.54, 1.807) is 24.3 Å². The van der Waals surface area contributed by atoms with Crippen molar-refractivity contribution in [2.24, 2.45) is 5.92 Å². The van der Waals surface area contributed by atoms with Crippen molar-refractivity contribution in [2.75, 3.05) is 5.32 Å². The van der Waals surface area contributed by atoms with Crippen LogP contribution >= 0.6 is 0 Å². The predicted octanol–water partition coefficient (Wildman–Crippen LogP) is 2.76. The molecule has 0 saturated heterocycles. The summed E-state index contributed by atoms with van der Waals surface area (Å²) in [4.78, 5) is 35.5. The lowest BCUT2D eigenvalue weighted by Gasteiger charge is -2.16. The standard InChI is InChI=1S/C18H20N2O5/c1-11(2)9-14(18(23)24)20-16(21)12-5-3-6-13(10-12)19-17(22)15-7-4-8-25-15/h3-8,10-11,14H,9H2,1-2H3,(H,19,22)(H,20,21)(H,23,24). The summed E-state index contributed by atoms with van der Waals surface area (Å²) < 4.78 is 5.00. The Labute approximate surface area is 145 Å². The van der Waals surface area contributed by atoms with Gasteiger partial charge in [-0.2, -0.15) is 0 Å². The first-order chi connectivity index (χ1) is 11.9. The number of hydrogen-bond donors (Lipinski definition) is 3. The van der Waals surface area contributed by atoms with Crippen LogP contribution in [-0.4, -0.2) is 28.9 Å². The molecule has 1 unspecified atom stereocenters. The van der Waals surface area contributed by atoms with Gasteiger partial charge in [0.25, 0.3) is 11.8 Å². The summed E-state index contributed by atoms with van der Waals surface area (Å²) >= 11 is 0. The van der Waals surface area contributed by atoms with Crippen LogP contribution in [0, 0.1) is 5.92 Å². The van der Waals surface area contributed by atoms with Gasteiger partial charge in [0.2, 0.25) is 0 Å². The number of aliphatic carboxylic acids is 1. The summed E-state index contributed by atoms with van der Waals surface area (Å²) in [6, 6.07) is 8.41. The van der Waals surface area contributed by atoms with Gasteiger partial charge in [-0.3, -0.25) is 9.59 Å². The fraction of sp³-hybridized carbons (Fsp3) is 0.278. The molecule has 0 radical (unpaired) electrons. The molecule has 0 aliphatic heterocycles. The molecule has 7 heteroatoms. The lowest BCUT2D eigenvalue weighted by Crippen LogP contribution is -2.41. The van der Waals surface area contributed by atoms with Crippen LogP contribution in [0.25, 0.3) is 0 Å². The maximum Gasteiger partial charge on any atom is 0.326 e. The second-order valence-electron chi connectivity index (χ2n) is 6.01. The molecule has 2 aromatic rings. The van der Waals surface area contributed by atoms with E-state index in [1.165, 1.54) is 18.4 Å². The molecule has 0 fully saturated rings. The van der Waals surface area contributed by atoms with E-state index in [4.69, 9.17) is 4.42 Å². The van der Waals surface area contributed by atoms with Crippen molar-refractivity contribution < 1.29 is 23.9 Å². The van der Waals surface area contributed by atoms with E-state index in [0.29, 0.717) is 12.1 Å². The number of hydrogen-bond acceptors (Lipinski definition) is 4. The molecular weight excluding hydrogens is 324 g/mol. The van der Waals surface area contributed by atoms with E-state index in [2.05, 4.69) is 10.6 Å². The normalized spacial score (nSPS) is 11.8. The van der Waals surface area contributed by atoms with Crippen LogP contribution in [0.4, 0.5) is 5.69 Å². The van der Waals surface area contributed by atoms with Crippen LogP contribution in [0.1, 0.15) is 41.2 Å². The monoisotopic (exact) mass is 344 g/mol. The average molecular weight is 344 g/mol. The zero-order valence-electron chi connectivity index (χ0n) is 14.0. The fourth-order valence-corrected chi connectivity index (χ4v) is 2.27. The summed E-state index contributed by atoms with van der Waals surface area (Å²) in [5.41, 5.74) is 0.664. The Balaban J connectivity index is 2.07. The number of amides is 2. The number of rotatable bonds is 7. The summed E-state index contributed by atoms with van der Waals surface area (Å²) in [5, 5.41) is 14.3. The Hall–Kier alpha value is -3.09. The number of benzene rings is 1. The van der Waals surface area contributed by atoms with E-state index in [-0.39, 0.29) is 17.2 Å². The van der Waals surface area contributed by atoms with Gasteiger partial charge in [-0.1, -0.05) is 19.9 Å². The highest BCUT2D eigenvalue weighted by Crippen LogP contribution is 2.14. The van der Waals surface area contributed by atoms with Crippen LogP contribution in [0.2, 0.25) is 0 Å². The van der Waals surface area contributed by atoms with Crippen LogP contribution in [-0.2, 0) is 4.79 Å². The average Bonchev–Trinajstić information content (AvgIpc) is 3.08. The van der Waals surface area contributed by atoms with E-state index in [0.717, 1.165) is 0 Å². The van der Waals surface area contributed by atoms with Gasteiger partial charge in [0.15, 0.2) is 5.76 Å². The molecule has 2 rings (SSSR count). The van der Waals surface area contributed by atoms with Gasteiger partial charge in [-0.25, -0.2) is 4.79 Å². The Bertz CT molecular complexity index is 753. The maximum absolute atomic E-state index is 12.3. The molecule has 0 aliphatic carbocycles. The SMILES string of the molecule is CC(C)CC(NC(=O)c1cccc(NC(=O)c2ccco2)c1)C(=O)O. The minimum absolute atomic E-state index is 0.125. The van der Waals surface area contributed by atoms with E-state index in [1.807, 2.05) is 13.8 Å². The van der Waals surface area contributed by atoms with Gasteiger partial charge in [-0.15, -0.1) is 0 Å². The number of carbonyl (C=O) groups excluding carboxylic acids is 2.